The van der Waals surface area contributed by atoms with E-state index in [-0.39, 0.29) is 0 Å². The van der Waals surface area contributed by atoms with Crippen molar-refractivity contribution in [3.63, 3.8) is 0 Å². The van der Waals surface area contributed by atoms with Gasteiger partial charge in [-0.25, -0.2) is 0 Å². The van der Waals surface area contributed by atoms with E-state index in [2.05, 4.69) is 5.16 Å². The molecule has 0 atom stereocenters. The molecule has 0 aliphatic carbocycles. The van der Waals surface area contributed by atoms with Crippen molar-refractivity contribution in [3.8, 4) is 11.8 Å². The zero-order valence-electron chi connectivity index (χ0n) is 7.06. The smallest absolute Gasteiger partial charge is 0.127 e. The predicted molar refractivity (Wildman–Crippen MR) is 47.1 cm³/mol. The minimum Gasteiger partial charge on any atom is -0.496 e. The Bertz CT molecular complexity index is 366. The molecule has 0 aliphatic heterocycles. The van der Waals surface area contributed by atoms with Gasteiger partial charge in [0.15, 0.2) is 0 Å². The highest BCUT2D eigenvalue weighted by Gasteiger charge is 2.01. The van der Waals surface area contributed by atoms with Gasteiger partial charge in [0.25, 0.3) is 0 Å². The van der Waals surface area contributed by atoms with Crippen molar-refractivity contribution >= 4 is 6.21 Å². The highest BCUT2D eigenvalue weighted by atomic mass is 16.5. The summed E-state index contributed by atoms with van der Waals surface area (Å²) in [7, 11) is 1.51. The quantitative estimate of drug-likeness (QED) is 0.420. The van der Waals surface area contributed by atoms with E-state index in [9.17, 15) is 0 Å². The molecule has 0 fully saturated rings. The molecule has 13 heavy (non-hydrogen) atoms. The van der Waals surface area contributed by atoms with Crippen LogP contribution in [0, 0.1) is 11.3 Å². The molecule has 0 aromatic heterocycles. The van der Waals surface area contributed by atoms with E-state index < -0.39 is 0 Å². The molecule has 1 N–H and O–H groups in total. The van der Waals surface area contributed by atoms with Crippen molar-refractivity contribution < 1.29 is 9.94 Å². The molecule has 1 rings (SSSR count). The molecular formula is C9H8N2O2. The van der Waals surface area contributed by atoms with Crippen molar-refractivity contribution in [2.45, 2.75) is 0 Å². The molecule has 0 aliphatic rings. The van der Waals surface area contributed by atoms with Gasteiger partial charge in [-0.3, -0.25) is 0 Å². The van der Waals surface area contributed by atoms with Crippen molar-refractivity contribution in [1.29, 1.82) is 5.26 Å². The van der Waals surface area contributed by atoms with E-state index >= 15 is 0 Å². The topological polar surface area (TPSA) is 65.6 Å². The standard InChI is InChI=1S/C9H8N2O2/c1-13-9-3-2-7(5-10)4-8(9)6-11-12/h2-4,6,12H,1H3/b11-6+. The van der Waals surface area contributed by atoms with Gasteiger partial charge in [0.2, 0.25) is 0 Å². The molecule has 0 saturated carbocycles. The molecule has 4 heteroatoms. The number of benzene rings is 1. The first-order valence-corrected chi connectivity index (χ1v) is 3.57. The lowest BCUT2D eigenvalue weighted by atomic mass is 10.1. The summed E-state index contributed by atoms with van der Waals surface area (Å²) in [5.41, 5.74) is 1.07. The summed E-state index contributed by atoms with van der Waals surface area (Å²) in [6, 6.07) is 6.84. The molecule has 0 amide bonds. The van der Waals surface area contributed by atoms with Gasteiger partial charge in [0, 0.05) is 5.56 Å². The van der Waals surface area contributed by atoms with Crippen LogP contribution in [0.5, 0.6) is 5.75 Å². The van der Waals surface area contributed by atoms with Crippen LogP contribution in [0.15, 0.2) is 23.4 Å². The number of nitriles is 1. The van der Waals surface area contributed by atoms with Crippen LogP contribution in [0.1, 0.15) is 11.1 Å². The van der Waals surface area contributed by atoms with Gasteiger partial charge < -0.3 is 9.94 Å². The Balaban J connectivity index is 3.19. The number of ether oxygens (including phenoxy) is 1. The van der Waals surface area contributed by atoms with Crippen molar-refractivity contribution in [2.24, 2.45) is 5.16 Å². The zero-order valence-corrected chi connectivity index (χ0v) is 7.06. The first-order valence-electron chi connectivity index (χ1n) is 3.57. The van der Waals surface area contributed by atoms with E-state index in [1.807, 2.05) is 6.07 Å². The second-order valence-electron chi connectivity index (χ2n) is 2.31. The summed E-state index contributed by atoms with van der Waals surface area (Å²) in [5.74, 6) is 0.566. The van der Waals surface area contributed by atoms with Crippen LogP contribution in [0.3, 0.4) is 0 Å². The molecule has 1 aromatic carbocycles. The third kappa shape index (κ3) is 1.97. The lowest BCUT2D eigenvalue weighted by Gasteiger charge is -2.02. The highest BCUT2D eigenvalue weighted by molar-refractivity contribution is 5.83. The van der Waals surface area contributed by atoms with E-state index in [1.54, 1.807) is 18.2 Å². The minimum atomic E-state index is 0.496. The summed E-state index contributed by atoms with van der Waals surface area (Å²) in [5, 5.41) is 19.8. The van der Waals surface area contributed by atoms with Gasteiger partial charge in [-0.05, 0) is 18.2 Å². The van der Waals surface area contributed by atoms with Crippen LogP contribution in [0.4, 0.5) is 0 Å². The van der Waals surface area contributed by atoms with Crippen LogP contribution in [0.2, 0.25) is 0 Å². The van der Waals surface area contributed by atoms with Crippen molar-refractivity contribution in [3.05, 3.63) is 29.3 Å². The van der Waals surface area contributed by atoms with E-state index in [1.165, 1.54) is 13.3 Å². The van der Waals surface area contributed by atoms with Gasteiger partial charge in [0.05, 0.1) is 25.0 Å². The Labute approximate surface area is 75.7 Å². The number of oxime groups is 1. The first-order chi connectivity index (χ1) is 6.31. The Hall–Kier alpha value is -2.02. The number of hydrogen-bond donors (Lipinski definition) is 1. The Morgan fingerprint density at radius 3 is 2.92 bits per heavy atom. The molecule has 0 unspecified atom stereocenters. The van der Waals surface area contributed by atoms with Crippen molar-refractivity contribution in [1.82, 2.24) is 0 Å². The second kappa shape index (κ2) is 4.12. The largest absolute Gasteiger partial charge is 0.496 e. The normalized spacial score (nSPS) is 9.85. The maximum atomic E-state index is 8.60. The fourth-order valence-corrected chi connectivity index (χ4v) is 0.967. The van der Waals surface area contributed by atoms with Gasteiger partial charge in [0.1, 0.15) is 5.75 Å². The van der Waals surface area contributed by atoms with Crippen LogP contribution in [0.25, 0.3) is 0 Å². The van der Waals surface area contributed by atoms with Gasteiger partial charge in [-0.2, -0.15) is 5.26 Å². The number of methoxy groups -OCH3 is 1. The van der Waals surface area contributed by atoms with Gasteiger partial charge >= 0.3 is 0 Å². The number of rotatable bonds is 2. The summed E-state index contributed by atoms with van der Waals surface area (Å²) in [4.78, 5) is 0. The molecule has 1 aromatic rings. The lowest BCUT2D eigenvalue weighted by Crippen LogP contribution is -1.91. The van der Waals surface area contributed by atoms with Crippen LogP contribution < -0.4 is 4.74 Å². The molecule has 0 bridgehead atoms. The van der Waals surface area contributed by atoms with Gasteiger partial charge in [-0.15, -0.1) is 0 Å². The fraction of sp³-hybridized carbons (Fsp3) is 0.111. The average molecular weight is 176 g/mol. The molecule has 4 nitrogen and oxygen atoms in total. The molecule has 66 valence electrons. The van der Waals surface area contributed by atoms with Gasteiger partial charge in [-0.1, -0.05) is 5.16 Å². The SMILES string of the molecule is COc1ccc(C#N)cc1/C=N/O. The second-order valence-corrected chi connectivity index (χ2v) is 2.31. The predicted octanol–water partition coefficient (Wildman–Crippen LogP) is 1.37. The van der Waals surface area contributed by atoms with E-state index in [0.717, 1.165) is 0 Å². The molecule has 0 spiro atoms. The van der Waals surface area contributed by atoms with Crippen LogP contribution >= 0.6 is 0 Å². The third-order valence-electron chi connectivity index (χ3n) is 1.56. The summed E-state index contributed by atoms with van der Waals surface area (Å²) in [6.07, 6.45) is 1.22. The Morgan fingerprint density at radius 2 is 2.38 bits per heavy atom. The van der Waals surface area contributed by atoms with Crippen LogP contribution in [-0.2, 0) is 0 Å². The summed E-state index contributed by atoms with van der Waals surface area (Å²) >= 11 is 0. The molecular weight excluding hydrogens is 168 g/mol. The van der Waals surface area contributed by atoms with E-state index in [0.29, 0.717) is 16.9 Å². The minimum absolute atomic E-state index is 0.496. The highest BCUT2D eigenvalue weighted by Crippen LogP contribution is 2.17. The maximum Gasteiger partial charge on any atom is 0.127 e. The third-order valence-corrected chi connectivity index (χ3v) is 1.56. The maximum absolute atomic E-state index is 8.60. The number of hydrogen-bond acceptors (Lipinski definition) is 4. The fourth-order valence-electron chi connectivity index (χ4n) is 0.967. The zero-order chi connectivity index (χ0) is 9.68. The van der Waals surface area contributed by atoms with Crippen molar-refractivity contribution in [2.75, 3.05) is 7.11 Å². The van der Waals surface area contributed by atoms with E-state index in [4.69, 9.17) is 15.2 Å². The lowest BCUT2D eigenvalue weighted by molar-refractivity contribution is 0.321. The molecule has 0 heterocycles. The Morgan fingerprint density at radius 1 is 1.62 bits per heavy atom. The monoisotopic (exact) mass is 176 g/mol. The van der Waals surface area contributed by atoms with Crippen LogP contribution in [-0.4, -0.2) is 18.5 Å². The Kier molecular flexibility index (Phi) is 2.87. The summed E-state index contributed by atoms with van der Waals surface area (Å²) < 4.78 is 4.99. The molecule has 0 saturated heterocycles. The average Bonchev–Trinajstić information content (AvgIpc) is 2.18. The first kappa shape index (κ1) is 9.07. The molecule has 0 radical (unpaired) electrons. The summed E-state index contributed by atoms with van der Waals surface area (Å²) in [6.45, 7) is 0. The number of nitrogens with zero attached hydrogens (tertiary/aromatic N) is 2.